The average molecular weight is 636 g/mol. The lowest BCUT2D eigenvalue weighted by Gasteiger charge is -2.44. The van der Waals surface area contributed by atoms with Crippen molar-refractivity contribution in [1.82, 2.24) is 10.2 Å². The van der Waals surface area contributed by atoms with Crippen molar-refractivity contribution in [2.24, 2.45) is 0 Å². The Morgan fingerprint density at radius 2 is 1.86 bits per heavy atom. The second kappa shape index (κ2) is 13.4. The van der Waals surface area contributed by atoms with E-state index in [4.69, 9.17) is 27.9 Å². The second-order valence-electron chi connectivity index (χ2n) is 10.7. The average Bonchev–Trinajstić information content (AvgIpc) is 2.97. The van der Waals surface area contributed by atoms with Gasteiger partial charge in [-0.1, -0.05) is 41.4 Å². The molecule has 43 heavy (non-hydrogen) atoms. The summed E-state index contributed by atoms with van der Waals surface area (Å²) in [6.45, 7) is -0.867. The molecule has 2 aliphatic heterocycles. The Balaban J connectivity index is 1.21. The molecule has 3 aromatic carbocycles. The second-order valence-corrected chi connectivity index (χ2v) is 11.5. The molecule has 1 saturated heterocycles. The molecule has 0 aliphatic carbocycles. The highest BCUT2D eigenvalue weighted by Gasteiger charge is 2.44. The maximum Gasteiger partial charge on any atom is 0.412 e. The van der Waals surface area contributed by atoms with Gasteiger partial charge in [0.2, 0.25) is 5.91 Å². The molecule has 2 aliphatic rings. The first-order valence-corrected chi connectivity index (χ1v) is 14.7. The summed E-state index contributed by atoms with van der Waals surface area (Å²) in [4.78, 5) is 27.9. The maximum atomic E-state index is 14.1. The number of nitrogens with one attached hydrogen (secondary N) is 2. The van der Waals surface area contributed by atoms with Gasteiger partial charge in [0.05, 0.1) is 21.7 Å². The molecular formula is C31H30Cl2F3N3O4. The van der Waals surface area contributed by atoms with E-state index < -0.39 is 24.2 Å². The smallest absolute Gasteiger partial charge is 0.412 e. The third kappa shape index (κ3) is 7.55. The molecule has 3 aromatic rings. The lowest BCUT2D eigenvalue weighted by molar-refractivity contribution is -0.123. The summed E-state index contributed by atoms with van der Waals surface area (Å²) in [7, 11) is 0. The van der Waals surface area contributed by atoms with Crippen LogP contribution in [0.1, 0.15) is 48.3 Å². The van der Waals surface area contributed by atoms with Gasteiger partial charge in [-0.2, -0.15) is 8.78 Å². The van der Waals surface area contributed by atoms with E-state index >= 15 is 0 Å². The van der Waals surface area contributed by atoms with Crippen LogP contribution in [0.2, 0.25) is 10.0 Å². The van der Waals surface area contributed by atoms with Gasteiger partial charge in [0.1, 0.15) is 17.2 Å². The van der Waals surface area contributed by atoms with Crippen molar-refractivity contribution in [2.75, 3.05) is 25.0 Å². The molecular weight excluding hydrogens is 606 g/mol. The van der Waals surface area contributed by atoms with E-state index in [1.54, 1.807) is 36.4 Å². The third-order valence-electron chi connectivity index (χ3n) is 7.88. The van der Waals surface area contributed by atoms with E-state index in [2.05, 4.69) is 20.3 Å². The number of alkyl halides is 2. The Morgan fingerprint density at radius 3 is 2.60 bits per heavy atom. The van der Waals surface area contributed by atoms with Crippen LogP contribution in [0.3, 0.4) is 0 Å². The zero-order valence-electron chi connectivity index (χ0n) is 23.1. The largest absolute Gasteiger partial charge is 0.438 e. The van der Waals surface area contributed by atoms with Gasteiger partial charge in [-0.3, -0.25) is 10.1 Å². The highest BCUT2D eigenvalue weighted by Crippen LogP contribution is 2.44. The highest BCUT2D eigenvalue weighted by atomic mass is 35.5. The van der Waals surface area contributed by atoms with E-state index in [1.165, 1.54) is 24.3 Å². The fourth-order valence-electron chi connectivity index (χ4n) is 5.72. The van der Waals surface area contributed by atoms with E-state index in [0.29, 0.717) is 77.7 Å². The van der Waals surface area contributed by atoms with Crippen LogP contribution >= 0.6 is 23.2 Å². The molecule has 228 valence electrons. The van der Waals surface area contributed by atoms with Crippen LogP contribution in [0.4, 0.5) is 23.7 Å². The van der Waals surface area contributed by atoms with Crippen LogP contribution in [0.15, 0.2) is 60.7 Å². The molecule has 0 aromatic heterocycles. The van der Waals surface area contributed by atoms with Gasteiger partial charge < -0.3 is 19.7 Å². The van der Waals surface area contributed by atoms with Gasteiger partial charge in [0, 0.05) is 38.0 Å². The molecule has 7 nitrogen and oxygen atoms in total. The normalized spacial score (nSPS) is 16.7. The Labute approximate surface area is 257 Å². The van der Waals surface area contributed by atoms with Gasteiger partial charge in [-0.25, -0.2) is 9.18 Å². The van der Waals surface area contributed by atoms with Gasteiger partial charge in [-0.15, -0.1) is 0 Å². The molecule has 1 spiro atoms. The first-order chi connectivity index (χ1) is 20.6. The van der Waals surface area contributed by atoms with Crippen molar-refractivity contribution in [3.05, 3.63) is 93.2 Å². The Hall–Kier alpha value is -3.47. The number of rotatable bonds is 10. The molecule has 1 atom stereocenters. The predicted octanol–water partition coefficient (Wildman–Crippen LogP) is 7.47. The maximum absolute atomic E-state index is 14.1. The quantitative estimate of drug-likeness (QED) is 0.242. The SMILES string of the molecule is O=C1Nc2ccc(F)cc2C2(CCN(CCCC(C(=O)NCc3cccc(OC(F)F)c3)c3ccc(Cl)c(Cl)c3)CC2)O1. The van der Waals surface area contributed by atoms with Crippen molar-refractivity contribution in [3.63, 3.8) is 0 Å². The summed E-state index contributed by atoms with van der Waals surface area (Å²) in [6.07, 6.45) is 1.67. The highest BCUT2D eigenvalue weighted by molar-refractivity contribution is 6.42. The van der Waals surface area contributed by atoms with E-state index in [9.17, 15) is 22.8 Å². The van der Waals surface area contributed by atoms with Gasteiger partial charge >= 0.3 is 12.7 Å². The van der Waals surface area contributed by atoms with Crippen LogP contribution in [0.25, 0.3) is 0 Å². The lowest BCUT2D eigenvalue weighted by atomic mass is 9.82. The van der Waals surface area contributed by atoms with E-state index in [0.717, 1.165) is 0 Å². The van der Waals surface area contributed by atoms with Crippen molar-refractivity contribution in [1.29, 1.82) is 0 Å². The number of ether oxygens (including phenoxy) is 2. The zero-order chi connectivity index (χ0) is 30.6. The number of amides is 2. The monoisotopic (exact) mass is 635 g/mol. The van der Waals surface area contributed by atoms with Crippen LogP contribution in [0, 0.1) is 5.82 Å². The first-order valence-electron chi connectivity index (χ1n) is 13.9. The topological polar surface area (TPSA) is 79.9 Å². The summed E-state index contributed by atoms with van der Waals surface area (Å²) >= 11 is 12.4. The Kier molecular flexibility index (Phi) is 9.68. The van der Waals surface area contributed by atoms with Gasteiger partial charge in [-0.05, 0) is 73.0 Å². The Bertz CT molecular complexity index is 1480. The fourth-order valence-corrected chi connectivity index (χ4v) is 6.03. The standard InChI is InChI=1S/C31H30Cl2F3N3O4/c32-25-8-6-20(16-26(25)33)23(28(40)37-18-19-3-1-4-22(15-19)42-29(35)36)5-2-12-39-13-10-31(11-14-39)24-17-21(34)7-9-27(24)38-30(41)43-31/h1,3-4,6-9,15-17,23,29H,2,5,10-14,18H2,(H,37,40)(H,38,41). The minimum Gasteiger partial charge on any atom is -0.438 e. The van der Waals surface area contributed by atoms with E-state index in [1.807, 2.05) is 0 Å². The summed E-state index contributed by atoms with van der Waals surface area (Å²) in [5.41, 5.74) is 1.65. The van der Waals surface area contributed by atoms with Crippen molar-refractivity contribution >= 4 is 40.9 Å². The predicted molar refractivity (Wildman–Crippen MR) is 157 cm³/mol. The molecule has 2 heterocycles. The van der Waals surface area contributed by atoms with Crippen LogP contribution < -0.4 is 15.4 Å². The number of anilines is 1. The van der Waals surface area contributed by atoms with Crippen molar-refractivity contribution in [2.45, 2.75) is 50.4 Å². The minimum atomic E-state index is -2.94. The lowest BCUT2D eigenvalue weighted by Crippen LogP contribution is -2.48. The molecule has 5 rings (SSSR count). The summed E-state index contributed by atoms with van der Waals surface area (Å²) in [6, 6.07) is 15.6. The van der Waals surface area contributed by atoms with Crippen LogP contribution in [-0.2, 0) is 21.7 Å². The van der Waals surface area contributed by atoms with Gasteiger partial charge in [0.25, 0.3) is 0 Å². The zero-order valence-corrected chi connectivity index (χ0v) is 24.6. The molecule has 2 N–H and O–H groups in total. The van der Waals surface area contributed by atoms with Gasteiger partial charge in [0.15, 0.2) is 0 Å². The number of likely N-dealkylation sites (tertiary alicyclic amines) is 1. The number of benzene rings is 3. The van der Waals surface area contributed by atoms with Crippen LogP contribution in [-0.4, -0.2) is 43.1 Å². The number of fused-ring (bicyclic) bond motifs is 2. The summed E-state index contributed by atoms with van der Waals surface area (Å²) in [5.74, 6) is -1.15. The molecule has 1 fully saturated rings. The van der Waals surface area contributed by atoms with E-state index in [-0.39, 0.29) is 24.0 Å². The molecule has 0 saturated carbocycles. The molecule has 0 radical (unpaired) electrons. The number of hydrogen-bond acceptors (Lipinski definition) is 5. The molecule has 2 amide bonds. The minimum absolute atomic E-state index is 0.0129. The number of halogens is 5. The summed E-state index contributed by atoms with van der Waals surface area (Å²) in [5, 5.41) is 6.26. The van der Waals surface area contributed by atoms with Crippen molar-refractivity contribution in [3.8, 4) is 5.75 Å². The number of piperidine rings is 1. The number of carbonyl (C=O) groups is 2. The third-order valence-corrected chi connectivity index (χ3v) is 8.62. The molecule has 1 unspecified atom stereocenters. The van der Waals surface area contributed by atoms with Crippen molar-refractivity contribution < 1.29 is 32.2 Å². The van der Waals surface area contributed by atoms with Crippen LogP contribution in [0.5, 0.6) is 5.75 Å². The fraction of sp³-hybridized carbons (Fsp3) is 0.355. The number of nitrogens with zero attached hydrogens (tertiary/aromatic N) is 1. The Morgan fingerprint density at radius 1 is 1.07 bits per heavy atom. The molecule has 0 bridgehead atoms. The first kappa shape index (κ1) is 31.0. The number of hydrogen-bond donors (Lipinski definition) is 2. The number of carbonyl (C=O) groups excluding carboxylic acids is 2. The molecule has 12 heteroatoms. The summed E-state index contributed by atoms with van der Waals surface area (Å²) < 4.78 is 49.4.